The van der Waals surface area contributed by atoms with Crippen LogP contribution in [0, 0.1) is 5.92 Å². The molecular formula is C21H20ClF3N6O. The minimum Gasteiger partial charge on any atom is -0.330 e. The second kappa shape index (κ2) is 9.47. The summed E-state index contributed by atoms with van der Waals surface area (Å²) in [5, 5.41) is 10.2. The van der Waals surface area contributed by atoms with Crippen LogP contribution >= 0.6 is 11.6 Å². The number of aromatic nitrogens is 5. The Morgan fingerprint density at radius 2 is 1.84 bits per heavy atom. The first-order valence-corrected chi connectivity index (χ1v) is 10.0. The monoisotopic (exact) mass is 464 g/mol. The van der Waals surface area contributed by atoms with Crippen LogP contribution < -0.4 is 5.32 Å². The molecule has 1 amide bonds. The third-order valence-corrected chi connectivity index (χ3v) is 4.81. The van der Waals surface area contributed by atoms with Gasteiger partial charge >= 0.3 is 6.18 Å². The van der Waals surface area contributed by atoms with E-state index >= 15 is 0 Å². The molecule has 0 spiro atoms. The summed E-state index contributed by atoms with van der Waals surface area (Å²) in [6.07, 6.45) is 1.40. The topological polar surface area (TPSA) is 85.6 Å². The van der Waals surface area contributed by atoms with Crippen LogP contribution in [0.25, 0.3) is 17.6 Å². The van der Waals surface area contributed by atoms with Gasteiger partial charge in [-0.15, -0.1) is 5.10 Å². The van der Waals surface area contributed by atoms with Crippen molar-refractivity contribution in [2.75, 3.05) is 0 Å². The van der Waals surface area contributed by atoms with Crippen molar-refractivity contribution in [3.63, 3.8) is 0 Å². The number of carbonyl (C=O) groups is 1. The summed E-state index contributed by atoms with van der Waals surface area (Å²) in [6.45, 7) is 5.60. The molecule has 11 heteroatoms. The molecule has 7 nitrogen and oxygen atoms in total. The van der Waals surface area contributed by atoms with E-state index in [1.807, 2.05) is 19.9 Å². The first-order valence-electron chi connectivity index (χ1n) is 9.67. The van der Waals surface area contributed by atoms with Gasteiger partial charge in [-0.05, 0) is 37.1 Å². The van der Waals surface area contributed by atoms with Crippen molar-refractivity contribution in [2.45, 2.75) is 33.1 Å². The number of rotatable bonds is 6. The Morgan fingerprint density at radius 1 is 1.16 bits per heavy atom. The molecule has 2 heterocycles. The molecule has 0 fully saturated rings. The Bertz CT molecular complexity index is 1130. The molecule has 0 radical (unpaired) electrons. The molecule has 0 aliphatic rings. The predicted molar refractivity (Wildman–Crippen MR) is 114 cm³/mol. The summed E-state index contributed by atoms with van der Waals surface area (Å²) >= 11 is 5.87. The number of amides is 1. The van der Waals surface area contributed by atoms with Gasteiger partial charge in [0.2, 0.25) is 0 Å². The van der Waals surface area contributed by atoms with E-state index in [2.05, 4.69) is 25.6 Å². The molecule has 0 saturated carbocycles. The number of nitrogens with zero attached hydrogens (tertiary/aromatic N) is 5. The zero-order valence-corrected chi connectivity index (χ0v) is 18.2. The number of alkyl halides is 3. The SMILES string of the molecule is CC(C)C=Cc1c(-c2ncccn2)nnn1C(C)NC(=O)c1cccc(C(F)(F)F)c1Cl. The number of allylic oxidation sites excluding steroid dienone is 1. The van der Waals surface area contributed by atoms with Gasteiger partial charge in [-0.3, -0.25) is 4.79 Å². The van der Waals surface area contributed by atoms with Crippen molar-refractivity contribution >= 4 is 23.6 Å². The van der Waals surface area contributed by atoms with Gasteiger partial charge < -0.3 is 5.32 Å². The third-order valence-electron chi connectivity index (χ3n) is 4.40. The molecule has 1 unspecified atom stereocenters. The van der Waals surface area contributed by atoms with E-state index in [0.717, 1.165) is 12.1 Å². The summed E-state index contributed by atoms with van der Waals surface area (Å²) in [4.78, 5) is 21.1. The van der Waals surface area contributed by atoms with E-state index in [9.17, 15) is 18.0 Å². The minimum atomic E-state index is -4.68. The molecule has 1 N–H and O–H groups in total. The molecule has 3 rings (SSSR count). The van der Waals surface area contributed by atoms with Gasteiger partial charge in [-0.2, -0.15) is 13.2 Å². The van der Waals surface area contributed by atoms with Gasteiger partial charge in [-0.25, -0.2) is 14.6 Å². The first kappa shape index (κ1) is 23.4. The van der Waals surface area contributed by atoms with Crippen LogP contribution in [0.15, 0.2) is 42.7 Å². The molecule has 168 valence electrons. The highest BCUT2D eigenvalue weighted by molar-refractivity contribution is 6.34. The van der Waals surface area contributed by atoms with Crippen LogP contribution in [0.1, 0.15) is 48.6 Å². The van der Waals surface area contributed by atoms with Crippen LogP contribution in [-0.2, 0) is 6.18 Å². The summed E-state index contributed by atoms with van der Waals surface area (Å²) in [5.74, 6) is -0.210. The molecule has 2 aromatic heterocycles. The molecular weight excluding hydrogens is 445 g/mol. The van der Waals surface area contributed by atoms with E-state index in [1.165, 1.54) is 10.7 Å². The molecule has 32 heavy (non-hydrogen) atoms. The fourth-order valence-electron chi connectivity index (χ4n) is 2.86. The average molecular weight is 465 g/mol. The fourth-order valence-corrected chi connectivity index (χ4v) is 3.18. The van der Waals surface area contributed by atoms with E-state index in [0.29, 0.717) is 17.2 Å². The van der Waals surface area contributed by atoms with Gasteiger partial charge in [0.15, 0.2) is 11.5 Å². The van der Waals surface area contributed by atoms with Crippen LogP contribution in [0.2, 0.25) is 5.02 Å². The minimum absolute atomic E-state index is 0.219. The van der Waals surface area contributed by atoms with E-state index in [-0.39, 0.29) is 11.5 Å². The van der Waals surface area contributed by atoms with Crippen molar-refractivity contribution < 1.29 is 18.0 Å². The summed E-state index contributed by atoms with van der Waals surface area (Å²) < 4.78 is 40.8. The van der Waals surface area contributed by atoms with Crippen LogP contribution in [0.4, 0.5) is 13.2 Å². The fraction of sp³-hybridized carbons (Fsp3) is 0.286. The molecule has 0 saturated heterocycles. The number of halogens is 4. The summed E-state index contributed by atoms with van der Waals surface area (Å²) in [7, 11) is 0. The molecule has 3 aromatic rings. The Labute approximate surface area is 187 Å². The number of hydrogen-bond donors (Lipinski definition) is 1. The Kier molecular flexibility index (Phi) is 6.93. The number of nitrogens with one attached hydrogen (secondary N) is 1. The first-order chi connectivity index (χ1) is 15.1. The normalized spacial score (nSPS) is 13.0. The highest BCUT2D eigenvalue weighted by Gasteiger charge is 2.35. The van der Waals surface area contributed by atoms with Gasteiger partial charge in [0.1, 0.15) is 6.17 Å². The van der Waals surface area contributed by atoms with Crippen LogP contribution in [-0.4, -0.2) is 30.9 Å². The van der Waals surface area contributed by atoms with Crippen molar-refractivity contribution in [1.29, 1.82) is 0 Å². The van der Waals surface area contributed by atoms with Gasteiger partial charge in [0.05, 0.1) is 21.8 Å². The lowest BCUT2D eigenvalue weighted by Crippen LogP contribution is -2.32. The average Bonchev–Trinajstić information content (AvgIpc) is 3.16. The highest BCUT2D eigenvalue weighted by atomic mass is 35.5. The van der Waals surface area contributed by atoms with E-state index in [4.69, 9.17) is 11.6 Å². The molecule has 0 aliphatic carbocycles. The van der Waals surface area contributed by atoms with Crippen molar-refractivity contribution in [1.82, 2.24) is 30.3 Å². The standard InChI is InChI=1S/C21H20ClF3N6O/c1-12(2)8-9-16-18(19-26-10-5-11-27-19)29-30-31(16)13(3)28-20(32)14-6-4-7-15(17(14)22)21(23,24)25/h4-13H,1-3H3,(H,28,32). The molecule has 1 aromatic carbocycles. The van der Waals surface area contributed by atoms with Crippen LogP contribution in [0.5, 0.6) is 0 Å². The number of carbonyl (C=O) groups excluding carboxylic acids is 1. The van der Waals surface area contributed by atoms with Crippen molar-refractivity contribution in [3.8, 4) is 11.5 Å². The second-order valence-corrected chi connectivity index (χ2v) is 7.64. The summed E-state index contributed by atoms with van der Waals surface area (Å²) in [6, 6.07) is 4.84. The van der Waals surface area contributed by atoms with Crippen molar-refractivity contribution in [3.05, 3.63) is 64.6 Å². The van der Waals surface area contributed by atoms with Gasteiger partial charge in [-0.1, -0.05) is 42.8 Å². The Morgan fingerprint density at radius 3 is 2.47 bits per heavy atom. The van der Waals surface area contributed by atoms with Gasteiger partial charge in [0, 0.05) is 12.4 Å². The lowest BCUT2D eigenvalue weighted by Gasteiger charge is -2.17. The Hall–Kier alpha value is -3.27. The molecule has 0 aliphatic heterocycles. The summed E-state index contributed by atoms with van der Waals surface area (Å²) in [5.41, 5.74) is -0.433. The maximum absolute atomic E-state index is 13.1. The maximum atomic E-state index is 13.1. The lowest BCUT2D eigenvalue weighted by molar-refractivity contribution is -0.137. The predicted octanol–water partition coefficient (Wildman–Crippen LogP) is 5.03. The maximum Gasteiger partial charge on any atom is 0.417 e. The van der Waals surface area contributed by atoms with Gasteiger partial charge in [0.25, 0.3) is 5.91 Å². The van der Waals surface area contributed by atoms with E-state index in [1.54, 1.807) is 31.5 Å². The number of benzene rings is 1. The Balaban J connectivity index is 1.94. The highest BCUT2D eigenvalue weighted by Crippen LogP contribution is 2.36. The smallest absolute Gasteiger partial charge is 0.330 e. The third kappa shape index (κ3) is 5.13. The van der Waals surface area contributed by atoms with Crippen LogP contribution in [0.3, 0.4) is 0 Å². The quantitative estimate of drug-likeness (QED) is 0.553. The van der Waals surface area contributed by atoms with Crippen molar-refractivity contribution in [2.24, 2.45) is 5.92 Å². The largest absolute Gasteiger partial charge is 0.417 e. The zero-order chi connectivity index (χ0) is 23.5. The second-order valence-electron chi connectivity index (χ2n) is 7.26. The molecule has 0 bridgehead atoms. The zero-order valence-electron chi connectivity index (χ0n) is 17.4. The van der Waals surface area contributed by atoms with E-state index < -0.39 is 28.8 Å². The lowest BCUT2D eigenvalue weighted by atomic mass is 10.1. The molecule has 1 atom stereocenters. The number of hydrogen-bond acceptors (Lipinski definition) is 5.